The average Bonchev–Trinajstić information content (AvgIpc) is 3.01. The van der Waals surface area contributed by atoms with E-state index in [0.29, 0.717) is 76.2 Å². The second kappa shape index (κ2) is 13.7. The van der Waals surface area contributed by atoms with Gasteiger partial charge in [0.1, 0.15) is 17.3 Å². The molecule has 10 nitrogen and oxygen atoms in total. The van der Waals surface area contributed by atoms with E-state index in [0.717, 1.165) is 0 Å². The fourth-order valence-corrected chi connectivity index (χ4v) is 5.59. The number of ether oxygens (including phenoxy) is 3. The second-order valence-electron chi connectivity index (χ2n) is 11.4. The molecule has 0 unspecified atom stereocenters. The molecule has 0 bridgehead atoms. The van der Waals surface area contributed by atoms with E-state index >= 15 is 0 Å². The maximum atomic E-state index is 14.2. The number of fused-ring (bicyclic) bond motifs is 1. The molecule has 5 rings (SSSR count). The minimum atomic E-state index is -0.511. The Morgan fingerprint density at radius 1 is 1.07 bits per heavy atom. The van der Waals surface area contributed by atoms with Crippen molar-refractivity contribution in [2.24, 2.45) is 0 Å². The van der Waals surface area contributed by atoms with Crippen LogP contribution in [0.2, 0.25) is 5.02 Å². The normalized spacial score (nSPS) is 15.4. The first-order valence-corrected chi connectivity index (χ1v) is 15.2. The van der Waals surface area contributed by atoms with Crippen LogP contribution in [0.3, 0.4) is 0 Å². The zero-order valence-corrected chi connectivity index (χ0v) is 26.8. The van der Waals surface area contributed by atoms with Crippen molar-refractivity contribution in [3.05, 3.63) is 93.0 Å². The van der Waals surface area contributed by atoms with E-state index < -0.39 is 5.97 Å². The van der Waals surface area contributed by atoms with Crippen molar-refractivity contribution in [1.82, 2.24) is 19.4 Å². The van der Waals surface area contributed by atoms with Crippen LogP contribution >= 0.6 is 11.6 Å². The van der Waals surface area contributed by atoms with E-state index in [-0.39, 0.29) is 30.2 Å². The van der Waals surface area contributed by atoms with Gasteiger partial charge in [-0.15, -0.1) is 0 Å². The Bertz CT molecular complexity index is 1770. The molecular weight excluding hydrogens is 596 g/mol. The maximum Gasteiger partial charge on any atom is 0.338 e. The highest BCUT2D eigenvalue weighted by Gasteiger charge is 2.29. The highest BCUT2D eigenvalue weighted by atomic mass is 35.5. The smallest absolute Gasteiger partial charge is 0.338 e. The largest absolute Gasteiger partial charge is 0.489 e. The van der Waals surface area contributed by atoms with E-state index in [1.54, 1.807) is 60.4 Å². The molecule has 1 amide bonds. The van der Waals surface area contributed by atoms with Gasteiger partial charge in [-0.2, -0.15) is 0 Å². The molecule has 2 heterocycles. The highest BCUT2D eigenvalue weighted by Crippen LogP contribution is 2.30. The number of esters is 1. The molecule has 0 radical (unpaired) electrons. The Morgan fingerprint density at radius 2 is 1.80 bits per heavy atom. The van der Waals surface area contributed by atoms with Crippen LogP contribution in [0.4, 0.5) is 0 Å². The van der Waals surface area contributed by atoms with Crippen molar-refractivity contribution in [3.8, 4) is 17.2 Å². The molecule has 0 saturated carbocycles. The van der Waals surface area contributed by atoms with Crippen molar-refractivity contribution in [2.75, 3.05) is 33.4 Å². The van der Waals surface area contributed by atoms with Gasteiger partial charge in [0.05, 0.1) is 41.9 Å². The van der Waals surface area contributed by atoms with Crippen LogP contribution in [0.25, 0.3) is 16.6 Å². The standard InChI is InChI=1S/C34H37ClN4O6/c1-21(2)45-30-16-22(3)27(34(42)43-5)17-29(30)39-31(36-28-9-7-6-8-26(28)33(39)41)19-37-14-15-38(18-23(37)4)32(40)20-44-25-12-10-24(35)11-13-25/h6-13,16-17,21,23H,14-15,18-20H2,1-5H3/t23-/m0/s1. The first-order valence-electron chi connectivity index (χ1n) is 14.9. The summed E-state index contributed by atoms with van der Waals surface area (Å²) >= 11 is 5.94. The predicted octanol–water partition coefficient (Wildman–Crippen LogP) is 5.03. The third-order valence-electron chi connectivity index (χ3n) is 7.80. The molecule has 236 valence electrons. The zero-order chi connectivity index (χ0) is 32.2. The van der Waals surface area contributed by atoms with Crippen molar-refractivity contribution < 1.29 is 23.8 Å². The highest BCUT2D eigenvalue weighted by molar-refractivity contribution is 6.30. The summed E-state index contributed by atoms with van der Waals surface area (Å²) in [5.41, 5.74) is 1.70. The van der Waals surface area contributed by atoms with E-state index in [4.69, 9.17) is 30.8 Å². The van der Waals surface area contributed by atoms with Crippen LogP contribution in [0.15, 0.2) is 65.5 Å². The molecule has 1 aliphatic rings. The number of carbonyl (C=O) groups is 2. The first kappa shape index (κ1) is 32.0. The lowest BCUT2D eigenvalue weighted by Crippen LogP contribution is -2.54. The Morgan fingerprint density at radius 3 is 2.49 bits per heavy atom. The van der Waals surface area contributed by atoms with Gasteiger partial charge >= 0.3 is 5.97 Å². The molecule has 1 atom stereocenters. The van der Waals surface area contributed by atoms with E-state index in [1.807, 2.05) is 32.9 Å². The van der Waals surface area contributed by atoms with Crippen LogP contribution in [0, 0.1) is 6.92 Å². The zero-order valence-electron chi connectivity index (χ0n) is 26.1. The molecule has 0 aliphatic carbocycles. The van der Waals surface area contributed by atoms with Gasteiger partial charge in [0.15, 0.2) is 6.61 Å². The number of aromatic nitrogens is 2. The van der Waals surface area contributed by atoms with Crippen LogP contribution in [0.1, 0.15) is 42.5 Å². The summed E-state index contributed by atoms with van der Waals surface area (Å²) in [5, 5.41) is 1.04. The molecule has 1 saturated heterocycles. The number of para-hydroxylation sites is 1. The van der Waals surface area contributed by atoms with Crippen LogP contribution in [0.5, 0.6) is 11.5 Å². The summed E-state index contributed by atoms with van der Waals surface area (Å²) in [5.74, 6) is 0.904. The molecular formula is C34H37ClN4O6. The Kier molecular flexibility index (Phi) is 9.74. The van der Waals surface area contributed by atoms with Crippen LogP contribution in [-0.4, -0.2) is 76.7 Å². The third kappa shape index (κ3) is 7.13. The molecule has 45 heavy (non-hydrogen) atoms. The minimum absolute atomic E-state index is 0.0370. The fourth-order valence-electron chi connectivity index (χ4n) is 5.46. The average molecular weight is 633 g/mol. The molecule has 1 fully saturated rings. The lowest BCUT2D eigenvalue weighted by molar-refractivity contribution is -0.136. The van der Waals surface area contributed by atoms with E-state index in [1.165, 1.54) is 11.7 Å². The van der Waals surface area contributed by atoms with Crippen molar-refractivity contribution in [3.63, 3.8) is 0 Å². The van der Waals surface area contributed by atoms with Crippen molar-refractivity contribution >= 4 is 34.4 Å². The van der Waals surface area contributed by atoms with Crippen LogP contribution < -0.4 is 15.0 Å². The van der Waals surface area contributed by atoms with Crippen LogP contribution in [-0.2, 0) is 16.1 Å². The number of carbonyl (C=O) groups excluding carboxylic acids is 2. The van der Waals surface area contributed by atoms with Gasteiger partial charge in [-0.25, -0.2) is 9.78 Å². The number of amides is 1. The number of benzene rings is 3. The fraction of sp³-hybridized carbons (Fsp3) is 0.353. The number of methoxy groups -OCH3 is 1. The Hall–Kier alpha value is -4.41. The lowest BCUT2D eigenvalue weighted by atomic mass is 10.1. The van der Waals surface area contributed by atoms with Gasteiger partial charge in [0.25, 0.3) is 11.5 Å². The maximum absolute atomic E-state index is 14.2. The number of hydrogen-bond donors (Lipinski definition) is 0. The van der Waals surface area contributed by atoms with E-state index in [9.17, 15) is 14.4 Å². The third-order valence-corrected chi connectivity index (χ3v) is 8.05. The Balaban J connectivity index is 1.46. The van der Waals surface area contributed by atoms with Gasteiger partial charge < -0.3 is 19.1 Å². The molecule has 1 aliphatic heterocycles. The number of rotatable bonds is 9. The van der Waals surface area contributed by atoms with Gasteiger partial charge in [-0.3, -0.25) is 19.1 Å². The van der Waals surface area contributed by atoms with Gasteiger partial charge in [0.2, 0.25) is 0 Å². The molecule has 11 heteroatoms. The SMILES string of the molecule is COC(=O)c1cc(-n2c(CN3CCN(C(=O)COc4ccc(Cl)cc4)C[C@@H]3C)nc3ccccc3c2=O)c(OC(C)C)cc1C. The molecule has 0 spiro atoms. The topological polar surface area (TPSA) is 103 Å². The minimum Gasteiger partial charge on any atom is -0.489 e. The van der Waals surface area contributed by atoms with Crippen molar-refractivity contribution in [2.45, 2.75) is 46.4 Å². The molecule has 4 aromatic rings. The summed E-state index contributed by atoms with van der Waals surface area (Å²) in [6.45, 7) is 9.43. The number of hydrogen-bond acceptors (Lipinski definition) is 8. The monoisotopic (exact) mass is 632 g/mol. The second-order valence-corrected chi connectivity index (χ2v) is 11.8. The first-order chi connectivity index (χ1) is 21.5. The van der Waals surface area contributed by atoms with Gasteiger partial charge in [-0.1, -0.05) is 23.7 Å². The lowest BCUT2D eigenvalue weighted by Gasteiger charge is -2.39. The van der Waals surface area contributed by atoms with Gasteiger partial charge in [0, 0.05) is 30.7 Å². The Labute approximate surface area is 267 Å². The summed E-state index contributed by atoms with van der Waals surface area (Å²) in [6.07, 6.45) is -0.186. The summed E-state index contributed by atoms with van der Waals surface area (Å²) < 4.78 is 18.4. The molecule has 1 aromatic heterocycles. The molecule has 3 aromatic carbocycles. The summed E-state index contributed by atoms with van der Waals surface area (Å²) in [4.78, 5) is 48.8. The number of halogens is 1. The van der Waals surface area contributed by atoms with E-state index in [2.05, 4.69) is 4.90 Å². The number of nitrogens with zero attached hydrogens (tertiary/aromatic N) is 4. The summed E-state index contributed by atoms with van der Waals surface area (Å²) in [7, 11) is 1.32. The number of aryl methyl sites for hydroxylation is 1. The predicted molar refractivity (Wildman–Crippen MR) is 173 cm³/mol. The molecule has 0 N–H and O–H groups in total. The van der Waals surface area contributed by atoms with Gasteiger partial charge in [-0.05, 0) is 81.8 Å². The summed E-state index contributed by atoms with van der Waals surface area (Å²) in [6, 6.07) is 17.4. The quantitative estimate of drug-likeness (QED) is 0.237. The number of piperazine rings is 1. The van der Waals surface area contributed by atoms with Crippen molar-refractivity contribution in [1.29, 1.82) is 0 Å².